The summed E-state index contributed by atoms with van der Waals surface area (Å²) in [7, 11) is -2.08. The first-order chi connectivity index (χ1) is 14.3. The van der Waals surface area contributed by atoms with Gasteiger partial charge >= 0.3 is 0 Å². The molecule has 9 heteroatoms. The first-order valence-electron chi connectivity index (χ1n) is 10.6. The van der Waals surface area contributed by atoms with Gasteiger partial charge in [-0.05, 0) is 38.0 Å². The molecule has 1 aromatic carbocycles. The minimum Gasteiger partial charge on any atom is -0.378 e. The molecule has 1 saturated heterocycles. The minimum absolute atomic E-state index is 0.00704. The summed E-state index contributed by atoms with van der Waals surface area (Å²) >= 11 is 0. The predicted octanol–water partition coefficient (Wildman–Crippen LogP) is 1.62. The summed E-state index contributed by atoms with van der Waals surface area (Å²) in [4.78, 5) is 26.9. The van der Waals surface area contributed by atoms with Gasteiger partial charge in [0.05, 0.1) is 18.1 Å². The van der Waals surface area contributed by atoms with Gasteiger partial charge in [-0.15, -0.1) is 0 Å². The van der Waals surface area contributed by atoms with Crippen molar-refractivity contribution in [3.8, 4) is 0 Å². The van der Waals surface area contributed by atoms with Crippen molar-refractivity contribution in [2.45, 2.75) is 56.0 Å². The SMILES string of the molecule is CC(NC(=O)c1cccc(S(=O)(=O)N(C)C2CCCCC2)c1)C(=O)N1CCOCC1. The maximum Gasteiger partial charge on any atom is 0.251 e. The standard InChI is InChI=1S/C21H31N3O5S/c1-16(21(26)24-11-13-29-14-12-24)22-20(25)17-7-6-10-19(15-17)30(27,28)23(2)18-8-4-3-5-9-18/h6-7,10,15-16,18H,3-5,8-9,11-14H2,1-2H3,(H,22,25). The topological polar surface area (TPSA) is 96.0 Å². The maximum absolute atomic E-state index is 13.1. The Morgan fingerprint density at radius 2 is 1.83 bits per heavy atom. The number of hydrogen-bond donors (Lipinski definition) is 1. The molecule has 0 bridgehead atoms. The normalized spacial score (nSPS) is 19.5. The third kappa shape index (κ3) is 5.19. The van der Waals surface area contributed by atoms with E-state index in [0.29, 0.717) is 26.3 Å². The molecule has 2 amide bonds. The molecule has 1 aromatic rings. The van der Waals surface area contributed by atoms with Crippen molar-refractivity contribution < 1.29 is 22.7 Å². The number of morpholine rings is 1. The number of benzene rings is 1. The molecule has 2 aliphatic rings. The molecule has 1 aliphatic carbocycles. The number of ether oxygens (including phenoxy) is 1. The van der Waals surface area contributed by atoms with Crippen molar-refractivity contribution in [3.05, 3.63) is 29.8 Å². The van der Waals surface area contributed by atoms with E-state index in [2.05, 4.69) is 5.32 Å². The van der Waals surface area contributed by atoms with Crippen molar-refractivity contribution >= 4 is 21.8 Å². The molecule has 8 nitrogen and oxygen atoms in total. The lowest BCUT2D eigenvalue weighted by atomic mass is 9.96. The molecule has 166 valence electrons. The summed E-state index contributed by atoms with van der Waals surface area (Å²) in [6.45, 7) is 3.61. The Labute approximate surface area is 178 Å². The summed E-state index contributed by atoms with van der Waals surface area (Å²) in [6, 6.07) is 5.29. The van der Waals surface area contributed by atoms with Gasteiger partial charge < -0.3 is 15.0 Å². The average molecular weight is 438 g/mol. The molecule has 1 atom stereocenters. The first-order valence-corrected chi connectivity index (χ1v) is 12.0. The van der Waals surface area contributed by atoms with Crippen molar-refractivity contribution in [1.82, 2.24) is 14.5 Å². The Hall–Kier alpha value is -1.97. The van der Waals surface area contributed by atoms with Gasteiger partial charge in [0.1, 0.15) is 6.04 Å². The van der Waals surface area contributed by atoms with Gasteiger partial charge in [0.25, 0.3) is 5.91 Å². The lowest BCUT2D eigenvalue weighted by Gasteiger charge is -2.30. The zero-order valence-corrected chi connectivity index (χ0v) is 18.5. The average Bonchev–Trinajstić information content (AvgIpc) is 2.79. The molecular formula is C21H31N3O5S. The van der Waals surface area contributed by atoms with Crippen LogP contribution in [0.2, 0.25) is 0 Å². The van der Waals surface area contributed by atoms with Crippen LogP contribution in [0.5, 0.6) is 0 Å². The Balaban J connectivity index is 1.69. The van der Waals surface area contributed by atoms with E-state index in [9.17, 15) is 18.0 Å². The van der Waals surface area contributed by atoms with Gasteiger partial charge in [0.15, 0.2) is 0 Å². The number of nitrogens with zero attached hydrogens (tertiary/aromatic N) is 2. The number of carbonyl (C=O) groups is 2. The van der Waals surface area contributed by atoms with E-state index >= 15 is 0 Å². The van der Waals surface area contributed by atoms with E-state index in [-0.39, 0.29) is 22.4 Å². The molecule has 0 aromatic heterocycles. The van der Waals surface area contributed by atoms with E-state index in [1.807, 2.05) is 0 Å². The van der Waals surface area contributed by atoms with Gasteiger partial charge in [-0.1, -0.05) is 25.3 Å². The molecule has 1 N–H and O–H groups in total. The fourth-order valence-corrected chi connectivity index (χ4v) is 5.47. The van der Waals surface area contributed by atoms with Crippen LogP contribution in [0.1, 0.15) is 49.4 Å². The minimum atomic E-state index is -3.69. The maximum atomic E-state index is 13.1. The molecule has 1 heterocycles. The Morgan fingerprint density at radius 1 is 1.17 bits per heavy atom. The van der Waals surface area contributed by atoms with Crippen LogP contribution in [0.3, 0.4) is 0 Å². The van der Waals surface area contributed by atoms with Gasteiger partial charge in [-0.3, -0.25) is 9.59 Å². The van der Waals surface area contributed by atoms with Crippen LogP contribution < -0.4 is 5.32 Å². The monoisotopic (exact) mass is 437 g/mol. The molecular weight excluding hydrogens is 406 g/mol. The van der Waals surface area contributed by atoms with Crippen molar-refractivity contribution in [2.24, 2.45) is 0 Å². The van der Waals surface area contributed by atoms with E-state index < -0.39 is 22.0 Å². The van der Waals surface area contributed by atoms with E-state index in [4.69, 9.17) is 4.74 Å². The van der Waals surface area contributed by atoms with E-state index in [0.717, 1.165) is 32.1 Å². The number of rotatable bonds is 6. The van der Waals surface area contributed by atoms with Crippen molar-refractivity contribution in [2.75, 3.05) is 33.4 Å². The number of sulfonamides is 1. The molecule has 1 unspecified atom stereocenters. The van der Waals surface area contributed by atoms with Crippen LogP contribution in [0.4, 0.5) is 0 Å². The fourth-order valence-electron chi connectivity index (χ4n) is 4.00. The zero-order valence-electron chi connectivity index (χ0n) is 17.7. The highest BCUT2D eigenvalue weighted by molar-refractivity contribution is 7.89. The summed E-state index contributed by atoms with van der Waals surface area (Å²) in [6.07, 6.45) is 4.92. The molecule has 3 rings (SSSR count). The number of carbonyl (C=O) groups excluding carboxylic acids is 2. The second kappa shape index (κ2) is 9.89. The number of hydrogen-bond acceptors (Lipinski definition) is 5. The van der Waals surface area contributed by atoms with Gasteiger partial charge in [0, 0.05) is 31.7 Å². The zero-order chi connectivity index (χ0) is 21.7. The summed E-state index contributed by atoms with van der Waals surface area (Å²) in [5, 5.41) is 2.69. The number of amides is 2. The highest BCUT2D eigenvalue weighted by Gasteiger charge is 2.30. The summed E-state index contributed by atoms with van der Waals surface area (Å²) in [5.41, 5.74) is 0.217. The van der Waals surface area contributed by atoms with Gasteiger partial charge in [-0.2, -0.15) is 4.31 Å². The third-order valence-electron chi connectivity index (χ3n) is 5.90. The van der Waals surface area contributed by atoms with E-state index in [1.54, 1.807) is 31.0 Å². The Bertz CT molecular complexity index is 861. The molecule has 1 saturated carbocycles. The smallest absolute Gasteiger partial charge is 0.251 e. The lowest BCUT2D eigenvalue weighted by Crippen LogP contribution is -2.50. The van der Waals surface area contributed by atoms with Crippen LogP contribution in [0.15, 0.2) is 29.2 Å². The summed E-state index contributed by atoms with van der Waals surface area (Å²) in [5.74, 6) is -0.645. The predicted molar refractivity (Wildman–Crippen MR) is 113 cm³/mol. The van der Waals surface area contributed by atoms with Crippen LogP contribution >= 0.6 is 0 Å². The quantitative estimate of drug-likeness (QED) is 0.730. The Kier molecular flexibility index (Phi) is 7.49. The second-order valence-electron chi connectivity index (χ2n) is 7.97. The molecule has 30 heavy (non-hydrogen) atoms. The third-order valence-corrected chi connectivity index (χ3v) is 7.81. The lowest BCUT2D eigenvalue weighted by molar-refractivity contribution is -0.136. The molecule has 0 spiro atoms. The van der Waals surface area contributed by atoms with Gasteiger partial charge in [-0.25, -0.2) is 8.42 Å². The van der Waals surface area contributed by atoms with E-state index in [1.165, 1.54) is 16.4 Å². The fraction of sp³-hybridized carbons (Fsp3) is 0.619. The molecule has 1 aliphatic heterocycles. The van der Waals surface area contributed by atoms with Crippen LogP contribution in [0, 0.1) is 0 Å². The van der Waals surface area contributed by atoms with Gasteiger partial charge in [0.2, 0.25) is 15.9 Å². The number of nitrogens with one attached hydrogen (secondary N) is 1. The molecule has 2 fully saturated rings. The first kappa shape index (κ1) is 22.7. The highest BCUT2D eigenvalue weighted by atomic mass is 32.2. The van der Waals surface area contributed by atoms with Crippen LogP contribution in [-0.2, 0) is 19.6 Å². The van der Waals surface area contributed by atoms with Crippen molar-refractivity contribution in [3.63, 3.8) is 0 Å². The Morgan fingerprint density at radius 3 is 2.50 bits per heavy atom. The largest absolute Gasteiger partial charge is 0.378 e. The van der Waals surface area contributed by atoms with Crippen LogP contribution in [-0.4, -0.2) is 74.9 Å². The van der Waals surface area contributed by atoms with Crippen molar-refractivity contribution in [1.29, 1.82) is 0 Å². The second-order valence-corrected chi connectivity index (χ2v) is 9.97. The van der Waals surface area contributed by atoms with Crippen LogP contribution in [0.25, 0.3) is 0 Å². The molecule has 0 radical (unpaired) electrons. The highest BCUT2D eigenvalue weighted by Crippen LogP contribution is 2.26. The summed E-state index contributed by atoms with van der Waals surface area (Å²) < 4.78 is 32.8.